The number of halogens is 6. The SMILES string of the molecule is CSc1cc(Cl)cc(Cl)c1.II.Sc1cc(Cl)cc(Cl)c1. The van der Waals surface area contributed by atoms with Crippen LogP contribution >= 0.6 is 108 Å². The lowest BCUT2D eigenvalue weighted by atomic mass is 10.4. The van der Waals surface area contributed by atoms with Gasteiger partial charge in [0.1, 0.15) is 0 Å². The molecular weight excluding hydrogens is 616 g/mol. The van der Waals surface area contributed by atoms with Crippen molar-refractivity contribution in [3.05, 3.63) is 56.5 Å². The Morgan fingerprint density at radius 1 is 0.762 bits per heavy atom. The highest BCUT2D eigenvalue weighted by Gasteiger charge is 1.94. The van der Waals surface area contributed by atoms with Gasteiger partial charge < -0.3 is 0 Å². The number of rotatable bonds is 1. The van der Waals surface area contributed by atoms with Gasteiger partial charge in [-0.1, -0.05) is 46.4 Å². The Kier molecular flexibility index (Phi) is 14.2. The topological polar surface area (TPSA) is 0 Å². The van der Waals surface area contributed by atoms with Crippen LogP contribution in [0.15, 0.2) is 46.2 Å². The summed E-state index contributed by atoms with van der Waals surface area (Å²) in [5.74, 6) is 0. The average Bonchev–Trinajstić information content (AvgIpc) is 2.39. The summed E-state index contributed by atoms with van der Waals surface area (Å²) in [5.41, 5.74) is 0. The third-order valence-electron chi connectivity index (χ3n) is 1.92. The van der Waals surface area contributed by atoms with Crippen LogP contribution in [0.3, 0.4) is 0 Å². The first-order valence-corrected chi connectivity index (χ1v) is 14.7. The molecule has 0 saturated heterocycles. The Labute approximate surface area is 178 Å². The molecule has 0 aliphatic rings. The molecular formula is C13H10Cl4I2S2. The summed E-state index contributed by atoms with van der Waals surface area (Å²) in [6.45, 7) is 0. The molecule has 0 atom stereocenters. The lowest BCUT2D eigenvalue weighted by Gasteiger charge is -1.96. The molecule has 0 N–H and O–H groups in total. The number of thioether (sulfide) groups is 1. The van der Waals surface area contributed by atoms with Gasteiger partial charge in [-0.15, -0.1) is 24.4 Å². The summed E-state index contributed by atoms with van der Waals surface area (Å²) < 4.78 is 0. The van der Waals surface area contributed by atoms with E-state index in [9.17, 15) is 0 Å². The average molecular weight is 626 g/mol. The highest BCUT2D eigenvalue weighted by molar-refractivity contribution is 15.0. The van der Waals surface area contributed by atoms with Crippen LogP contribution in [-0.2, 0) is 0 Å². The molecule has 0 heterocycles. The quantitative estimate of drug-likeness (QED) is 0.188. The lowest BCUT2D eigenvalue weighted by molar-refractivity contribution is 1.47. The summed E-state index contributed by atoms with van der Waals surface area (Å²) in [6.07, 6.45) is 1.99. The second-order valence-corrected chi connectivity index (χ2v) is 6.58. The Morgan fingerprint density at radius 2 is 1.10 bits per heavy atom. The van der Waals surface area contributed by atoms with Crippen LogP contribution < -0.4 is 0 Å². The minimum atomic E-state index is 0.618. The molecule has 0 aromatic heterocycles. The van der Waals surface area contributed by atoms with Crippen LogP contribution in [0, 0.1) is 0 Å². The van der Waals surface area contributed by atoms with Gasteiger partial charge in [-0.2, -0.15) is 0 Å². The van der Waals surface area contributed by atoms with Gasteiger partial charge in [0.05, 0.1) is 0 Å². The molecule has 0 aliphatic heterocycles. The molecule has 0 bridgehead atoms. The molecule has 0 fully saturated rings. The maximum Gasteiger partial charge on any atom is 0.0431 e. The van der Waals surface area contributed by atoms with Crippen molar-refractivity contribution in [3.8, 4) is 0 Å². The first kappa shape index (κ1) is 22.8. The first-order chi connectivity index (χ1) is 9.90. The van der Waals surface area contributed by atoms with Gasteiger partial charge in [0, 0.05) is 67.1 Å². The number of hydrogen-bond donors (Lipinski definition) is 1. The van der Waals surface area contributed by atoms with Gasteiger partial charge in [-0.3, -0.25) is 0 Å². The van der Waals surface area contributed by atoms with Crippen LogP contribution in [0.2, 0.25) is 20.1 Å². The molecule has 2 rings (SSSR count). The minimum Gasteiger partial charge on any atom is -0.143 e. The van der Waals surface area contributed by atoms with E-state index in [0.717, 1.165) is 9.79 Å². The van der Waals surface area contributed by atoms with Crippen LogP contribution in [-0.4, -0.2) is 6.26 Å². The second-order valence-electron chi connectivity index (χ2n) is 3.44. The highest BCUT2D eigenvalue weighted by Crippen LogP contribution is 2.24. The van der Waals surface area contributed by atoms with Crippen molar-refractivity contribution in [2.75, 3.05) is 6.26 Å². The van der Waals surface area contributed by atoms with Crippen LogP contribution in [0.4, 0.5) is 0 Å². The second kappa shape index (κ2) is 13.1. The van der Waals surface area contributed by atoms with Crippen molar-refractivity contribution in [1.82, 2.24) is 0 Å². The summed E-state index contributed by atoms with van der Waals surface area (Å²) in [5, 5.41) is 2.62. The summed E-state index contributed by atoms with van der Waals surface area (Å²) in [7, 11) is 0. The molecule has 0 unspecified atom stereocenters. The van der Waals surface area contributed by atoms with Gasteiger partial charge in [0.25, 0.3) is 0 Å². The molecule has 0 aliphatic carbocycles. The molecule has 0 amide bonds. The zero-order valence-electron chi connectivity index (χ0n) is 10.6. The summed E-state index contributed by atoms with van der Waals surface area (Å²) in [6, 6.07) is 10.6. The van der Waals surface area contributed by atoms with Gasteiger partial charge in [-0.05, 0) is 42.7 Å². The smallest absolute Gasteiger partial charge is 0.0431 e. The third kappa shape index (κ3) is 11.0. The fourth-order valence-corrected chi connectivity index (χ4v) is 3.29. The maximum absolute atomic E-state index is 5.73. The Morgan fingerprint density at radius 3 is 1.38 bits per heavy atom. The van der Waals surface area contributed by atoms with Gasteiger partial charge in [0.2, 0.25) is 0 Å². The largest absolute Gasteiger partial charge is 0.143 e. The summed E-state index contributed by atoms with van der Waals surface area (Å²) >= 11 is 32.6. The maximum atomic E-state index is 5.73. The predicted molar refractivity (Wildman–Crippen MR) is 120 cm³/mol. The molecule has 8 heteroatoms. The van der Waals surface area contributed by atoms with Crippen molar-refractivity contribution >= 4 is 108 Å². The first-order valence-electron chi connectivity index (χ1n) is 5.20. The number of thiol groups is 1. The van der Waals surface area contributed by atoms with Crippen LogP contribution in [0.1, 0.15) is 0 Å². The summed E-state index contributed by atoms with van der Waals surface area (Å²) in [4.78, 5) is 1.88. The van der Waals surface area contributed by atoms with Crippen molar-refractivity contribution in [2.24, 2.45) is 0 Å². The van der Waals surface area contributed by atoms with E-state index in [2.05, 4.69) is 49.9 Å². The molecule has 21 heavy (non-hydrogen) atoms. The molecule has 2 aromatic carbocycles. The normalized spacial score (nSPS) is 9.14. The Hall–Kier alpha value is 1.76. The fraction of sp³-hybridized carbons (Fsp3) is 0.0769. The van der Waals surface area contributed by atoms with E-state index in [1.54, 1.807) is 36.0 Å². The molecule has 0 spiro atoms. The molecule has 0 radical (unpaired) electrons. The van der Waals surface area contributed by atoms with E-state index in [0.29, 0.717) is 20.1 Å². The fourth-order valence-electron chi connectivity index (χ4n) is 1.19. The monoisotopic (exact) mass is 624 g/mol. The molecule has 0 nitrogen and oxygen atoms in total. The van der Waals surface area contributed by atoms with E-state index in [-0.39, 0.29) is 0 Å². The third-order valence-corrected chi connectivity index (χ3v) is 3.76. The van der Waals surface area contributed by atoms with Crippen molar-refractivity contribution in [3.63, 3.8) is 0 Å². The van der Waals surface area contributed by atoms with E-state index in [4.69, 9.17) is 46.4 Å². The zero-order chi connectivity index (χ0) is 16.4. The highest BCUT2D eigenvalue weighted by atomic mass is 128. The zero-order valence-corrected chi connectivity index (χ0v) is 19.6. The Bertz CT molecular complexity index is 497. The number of benzene rings is 2. The molecule has 0 saturated carbocycles. The van der Waals surface area contributed by atoms with E-state index in [1.165, 1.54) is 0 Å². The van der Waals surface area contributed by atoms with E-state index < -0.39 is 0 Å². The van der Waals surface area contributed by atoms with Gasteiger partial charge >= 0.3 is 0 Å². The molecule has 116 valence electrons. The Balaban J connectivity index is 0.000000342. The van der Waals surface area contributed by atoms with Gasteiger partial charge in [-0.25, -0.2) is 0 Å². The standard InChI is InChI=1S/C7H6Cl2S.C6H4Cl2S.I2/c1-10-7-3-5(8)2-6(9)4-7;7-4-1-5(8)3-6(9)2-4;1-2/h2-4H,1H3;1-3,9H;. The van der Waals surface area contributed by atoms with Crippen molar-refractivity contribution < 1.29 is 0 Å². The van der Waals surface area contributed by atoms with Gasteiger partial charge in [0.15, 0.2) is 0 Å². The van der Waals surface area contributed by atoms with Crippen molar-refractivity contribution in [1.29, 1.82) is 0 Å². The number of hydrogen-bond acceptors (Lipinski definition) is 2. The predicted octanol–water partition coefficient (Wildman–Crippen LogP) is 8.77. The molecule has 2 aromatic rings. The van der Waals surface area contributed by atoms with Crippen LogP contribution in [0.5, 0.6) is 0 Å². The van der Waals surface area contributed by atoms with Crippen molar-refractivity contribution in [2.45, 2.75) is 9.79 Å². The van der Waals surface area contributed by atoms with E-state index in [1.807, 2.05) is 18.4 Å². The lowest BCUT2D eigenvalue weighted by Crippen LogP contribution is -1.70. The minimum absolute atomic E-state index is 0.618. The van der Waals surface area contributed by atoms with E-state index >= 15 is 0 Å². The van der Waals surface area contributed by atoms with Crippen LogP contribution in [0.25, 0.3) is 0 Å².